The van der Waals surface area contributed by atoms with Crippen molar-refractivity contribution >= 4 is 23.6 Å². The number of hydrogen-bond acceptors (Lipinski definition) is 3. The number of carboxylic acids is 1. The fourth-order valence-corrected chi connectivity index (χ4v) is 5.33. The maximum atomic E-state index is 12.8. The van der Waals surface area contributed by atoms with Crippen molar-refractivity contribution in [1.29, 1.82) is 0 Å². The number of hydrogen-bond donors (Lipinski definition) is 2. The van der Waals surface area contributed by atoms with E-state index in [-0.39, 0.29) is 12.3 Å². The summed E-state index contributed by atoms with van der Waals surface area (Å²) in [5, 5.41) is 11.7. The molecule has 0 aliphatic heterocycles. The van der Waals surface area contributed by atoms with Crippen LogP contribution in [0.1, 0.15) is 48.8 Å². The number of unbranched alkanes of at least 4 members (excludes halogenated alkanes) is 3. The maximum absolute atomic E-state index is 12.8. The summed E-state index contributed by atoms with van der Waals surface area (Å²) in [6, 6.07) is 31.1. The molecule has 5 heteroatoms. The number of benzene rings is 3. The van der Waals surface area contributed by atoms with Gasteiger partial charge in [0.2, 0.25) is 5.91 Å². The van der Waals surface area contributed by atoms with Crippen molar-refractivity contribution in [3.63, 3.8) is 0 Å². The number of nitrogens with one attached hydrogen (secondary N) is 1. The van der Waals surface area contributed by atoms with Crippen molar-refractivity contribution in [2.75, 3.05) is 12.3 Å². The van der Waals surface area contributed by atoms with Gasteiger partial charge < -0.3 is 10.4 Å². The molecule has 3 aromatic rings. The molecule has 0 atom stereocenters. The zero-order valence-corrected chi connectivity index (χ0v) is 19.6. The Bertz CT molecular complexity index is 897. The highest BCUT2D eigenvalue weighted by atomic mass is 32.2. The van der Waals surface area contributed by atoms with Crippen LogP contribution in [-0.4, -0.2) is 29.3 Å². The average molecular weight is 462 g/mol. The summed E-state index contributed by atoms with van der Waals surface area (Å²) >= 11 is 1.63. The molecule has 3 rings (SSSR count). The lowest BCUT2D eigenvalue weighted by Crippen LogP contribution is -2.31. The lowest BCUT2D eigenvalue weighted by Gasteiger charge is -2.35. The minimum absolute atomic E-state index is 0.0118. The van der Waals surface area contributed by atoms with Gasteiger partial charge >= 0.3 is 5.97 Å². The highest BCUT2D eigenvalue weighted by Gasteiger charge is 2.37. The van der Waals surface area contributed by atoms with Crippen molar-refractivity contribution in [3.8, 4) is 0 Å². The zero-order chi connectivity index (χ0) is 23.4. The van der Waals surface area contributed by atoms with Gasteiger partial charge in [0, 0.05) is 13.0 Å². The molecule has 3 aromatic carbocycles. The van der Waals surface area contributed by atoms with Crippen molar-refractivity contribution < 1.29 is 14.7 Å². The number of carbonyl (C=O) groups is 2. The summed E-state index contributed by atoms with van der Waals surface area (Å²) in [7, 11) is 0. The molecule has 1 amide bonds. The standard InChI is InChI=1S/C28H31NO3S/c30-26(29-21-13-2-1-12-20-27(31)32)22-33-28(23-14-6-3-7-15-23,24-16-8-4-9-17-24)25-18-10-5-11-19-25/h3-11,14-19H,1-2,12-13,20-22H2,(H,29,30)(H,31,32). The van der Waals surface area contributed by atoms with Crippen LogP contribution in [0.3, 0.4) is 0 Å². The van der Waals surface area contributed by atoms with E-state index in [1.165, 1.54) is 0 Å². The lowest BCUT2D eigenvalue weighted by molar-refractivity contribution is -0.137. The number of amides is 1. The van der Waals surface area contributed by atoms with Crippen LogP contribution in [0, 0.1) is 0 Å². The second-order valence-electron chi connectivity index (χ2n) is 7.98. The third-order valence-electron chi connectivity index (χ3n) is 5.60. The molecule has 4 nitrogen and oxygen atoms in total. The number of thioether (sulfide) groups is 1. The predicted molar refractivity (Wildman–Crippen MR) is 135 cm³/mol. The van der Waals surface area contributed by atoms with Gasteiger partial charge in [0.25, 0.3) is 0 Å². The molecule has 0 fully saturated rings. The summed E-state index contributed by atoms with van der Waals surface area (Å²) in [4.78, 5) is 23.3. The number of rotatable bonds is 13. The summed E-state index contributed by atoms with van der Waals surface area (Å²) in [5.41, 5.74) is 3.41. The third kappa shape index (κ3) is 6.96. The van der Waals surface area contributed by atoms with Crippen LogP contribution < -0.4 is 5.32 Å². The van der Waals surface area contributed by atoms with Gasteiger partial charge in [-0.1, -0.05) is 104 Å². The highest BCUT2D eigenvalue weighted by Crippen LogP contribution is 2.48. The molecule has 0 saturated carbocycles. The SMILES string of the molecule is O=C(O)CCCCCCNC(=O)CSC(c1ccccc1)(c1ccccc1)c1ccccc1. The number of carbonyl (C=O) groups excluding carboxylic acids is 1. The largest absolute Gasteiger partial charge is 0.481 e. The normalized spacial score (nSPS) is 11.2. The number of carboxylic acid groups (broad SMARTS) is 1. The Morgan fingerprint density at radius 3 is 1.61 bits per heavy atom. The van der Waals surface area contributed by atoms with E-state index in [1.54, 1.807) is 11.8 Å². The predicted octanol–water partition coefficient (Wildman–Crippen LogP) is 5.86. The van der Waals surface area contributed by atoms with Crippen LogP contribution in [0.5, 0.6) is 0 Å². The van der Waals surface area contributed by atoms with Crippen LogP contribution in [-0.2, 0) is 14.3 Å². The lowest BCUT2D eigenvalue weighted by atomic mass is 9.84. The summed E-state index contributed by atoms with van der Waals surface area (Å²) in [5.74, 6) is -0.408. The Morgan fingerprint density at radius 1 is 0.697 bits per heavy atom. The van der Waals surface area contributed by atoms with Crippen molar-refractivity contribution in [3.05, 3.63) is 108 Å². The Kier molecular flexibility index (Phi) is 9.58. The summed E-state index contributed by atoms with van der Waals surface area (Å²) in [6.45, 7) is 0.613. The van der Waals surface area contributed by atoms with Gasteiger partial charge in [0.15, 0.2) is 0 Å². The molecule has 172 valence electrons. The smallest absolute Gasteiger partial charge is 0.303 e. The summed E-state index contributed by atoms with van der Waals surface area (Å²) < 4.78 is -0.502. The Hall–Kier alpha value is -3.05. The van der Waals surface area contributed by atoms with E-state index < -0.39 is 10.7 Å². The van der Waals surface area contributed by atoms with E-state index >= 15 is 0 Å². The molecule has 0 heterocycles. The average Bonchev–Trinajstić information content (AvgIpc) is 2.86. The first-order valence-electron chi connectivity index (χ1n) is 11.4. The zero-order valence-electron chi connectivity index (χ0n) is 18.8. The van der Waals surface area contributed by atoms with Crippen LogP contribution in [0.15, 0.2) is 91.0 Å². The quantitative estimate of drug-likeness (QED) is 0.247. The minimum atomic E-state index is -0.751. The van der Waals surface area contributed by atoms with Gasteiger partial charge in [-0.25, -0.2) is 0 Å². The van der Waals surface area contributed by atoms with Crippen molar-refractivity contribution in [1.82, 2.24) is 5.32 Å². The van der Waals surface area contributed by atoms with Crippen LogP contribution in [0.4, 0.5) is 0 Å². The monoisotopic (exact) mass is 461 g/mol. The molecular formula is C28H31NO3S. The first-order valence-corrected chi connectivity index (χ1v) is 12.4. The van der Waals surface area contributed by atoms with Crippen molar-refractivity contribution in [2.45, 2.75) is 36.9 Å². The van der Waals surface area contributed by atoms with Crippen LogP contribution >= 0.6 is 11.8 Å². The summed E-state index contributed by atoms with van der Waals surface area (Å²) in [6.07, 6.45) is 3.55. The molecule has 33 heavy (non-hydrogen) atoms. The molecule has 0 saturated heterocycles. The first-order chi connectivity index (χ1) is 16.1. The van der Waals surface area contributed by atoms with Crippen molar-refractivity contribution in [2.24, 2.45) is 0 Å². The van der Waals surface area contributed by atoms with Gasteiger partial charge in [-0.2, -0.15) is 0 Å². The molecule has 0 aliphatic carbocycles. The molecule has 0 radical (unpaired) electrons. The molecule has 0 aromatic heterocycles. The van der Waals surface area contributed by atoms with E-state index in [9.17, 15) is 9.59 Å². The van der Waals surface area contributed by atoms with Gasteiger partial charge in [-0.15, -0.1) is 11.8 Å². The van der Waals surface area contributed by atoms with E-state index in [0.717, 1.165) is 36.0 Å². The molecule has 0 aliphatic rings. The van der Waals surface area contributed by atoms with Crippen LogP contribution in [0.25, 0.3) is 0 Å². The van der Waals surface area contributed by atoms with Crippen LogP contribution in [0.2, 0.25) is 0 Å². The van der Waals surface area contributed by atoms with E-state index in [4.69, 9.17) is 5.11 Å². The molecule has 2 N–H and O–H groups in total. The van der Waals surface area contributed by atoms with Gasteiger partial charge in [0.1, 0.15) is 0 Å². The fourth-order valence-electron chi connectivity index (χ4n) is 3.98. The van der Waals surface area contributed by atoms with Gasteiger partial charge in [0.05, 0.1) is 10.5 Å². The molecule has 0 bridgehead atoms. The Morgan fingerprint density at radius 2 is 1.15 bits per heavy atom. The van der Waals surface area contributed by atoms with E-state index in [0.29, 0.717) is 18.7 Å². The topological polar surface area (TPSA) is 66.4 Å². The highest BCUT2D eigenvalue weighted by molar-refractivity contribution is 8.01. The Balaban J connectivity index is 1.72. The second kappa shape index (κ2) is 12.9. The number of aliphatic carboxylic acids is 1. The minimum Gasteiger partial charge on any atom is -0.481 e. The molecular weight excluding hydrogens is 430 g/mol. The van der Waals surface area contributed by atoms with E-state index in [2.05, 4.69) is 41.7 Å². The molecule has 0 unspecified atom stereocenters. The van der Waals surface area contributed by atoms with E-state index in [1.807, 2.05) is 54.6 Å². The Labute approximate surface area is 200 Å². The maximum Gasteiger partial charge on any atom is 0.303 e. The van der Waals surface area contributed by atoms with Gasteiger partial charge in [-0.3, -0.25) is 9.59 Å². The van der Waals surface area contributed by atoms with Gasteiger partial charge in [-0.05, 0) is 29.5 Å². The second-order valence-corrected chi connectivity index (χ2v) is 9.17. The third-order valence-corrected chi connectivity index (χ3v) is 7.15. The first kappa shape index (κ1) is 24.6. The fraction of sp³-hybridized carbons (Fsp3) is 0.286. The molecule has 0 spiro atoms.